The average molecular weight is 242 g/mol. The molecule has 1 heterocycles. The molecular formula is C13H26N2S. The standard InChI is InChI=1S/C13H26N2S/c1-12-4-2-3-5-13(12)14-6-7-15-8-10-16-11-9-15/h12-14H,2-11H2,1H3. The van der Waals surface area contributed by atoms with Gasteiger partial charge >= 0.3 is 0 Å². The molecule has 1 saturated heterocycles. The van der Waals surface area contributed by atoms with Crippen molar-refractivity contribution in [1.82, 2.24) is 10.2 Å². The summed E-state index contributed by atoms with van der Waals surface area (Å²) in [6.45, 7) is 7.46. The Labute approximate surface area is 105 Å². The smallest absolute Gasteiger partial charge is 0.0108 e. The Bertz CT molecular complexity index is 192. The molecule has 94 valence electrons. The summed E-state index contributed by atoms with van der Waals surface area (Å²) in [7, 11) is 0. The molecule has 0 aromatic carbocycles. The number of hydrogen-bond acceptors (Lipinski definition) is 3. The first-order valence-electron chi connectivity index (χ1n) is 6.90. The van der Waals surface area contributed by atoms with Gasteiger partial charge in [-0.1, -0.05) is 19.8 Å². The highest BCUT2D eigenvalue weighted by molar-refractivity contribution is 7.99. The van der Waals surface area contributed by atoms with Gasteiger partial charge in [0.05, 0.1) is 0 Å². The van der Waals surface area contributed by atoms with Gasteiger partial charge in [0.25, 0.3) is 0 Å². The topological polar surface area (TPSA) is 15.3 Å². The minimum absolute atomic E-state index is 0.799. The molecule has 0 bridgehead atoms. The van der Waals surface area contributed by atoms with Gasteiger partial charge in [-0.25, -0.2) is 0 Å². The molecule has 1 saturated carbocycles. The van der Waals surface area contributed by atoms with Crippen LogP contribution in [0.2, 0.25) is 0 Å². The third kappa shape index (κ3) is 3.94. The average Bonchev–Trinajstić information content (AvgIpc) is 2.33. The van der Waals surface area contributed by atoms with Crippen LogP contribution in [0.15, 0.2) is 0 Å². The van der Waals surface area contributed by atoms with Gasteiger partial charge in [0, 0.05) is 43.7 Å². The highest BCUT2D eigenvalue weighted by Gasteiger charge is 2.20. The van der Waals surface area contributed by atoms with E-state index in [0.717, 1.165) is 12.0 Å². The minimum atomic E-state index is 0.799. The van der Waals surface area contributed by atoms with E-state index in [1.165, 1.54) is 63.4 Å². The number of nitrogens with zero attached hydrogens (tertiary/aromatic N) is 1. The largest absolute Gasteiger partial charge is 0.312 e. The molecule has 16 heavy (non-hydrogen) atoms. The van der Waals surface area contributed by atoms with E-state index in [1.54, 1.807) is 0 Å². The molecule has 2 atom stereocenters. The van der Waals surface area contributed by atoms with E-state index >= 15 is 0 Å². The summed E-state index contributed by atoms with van der Waals surface area (Å²) in [5, 5.41) is 3.77. The Morgan fingerprint density at radius 3 is 2.69 bits per heavy atom. The highest BCUT2D eigenvalue weighted by Crippen LogP contribution is 2.23. The molecule has 2 aliphatic rings. The van der Waals surface area contributed by atoms with Crippen molar-refractivity contribution in [3.63, 3.8) is 0 Å². The normalized spacial score (nSPS) is 32.8. The van der Waals surface area contributed by atoms with Gasteiger partial charge in [-0.15, -0.1) is 0 Å². The predicted molar refractivity (Wildman–Crippen MR) is 73.2 cm³/mol. The Hall–Kier alpha value is 0.270. The van der Waals surface area contributed by atoms with E-state index < -0.39 is 0 Å². The fraction of sp³-hybridized carbons (Fsp3) is 1.00. The molecule has 1 N–H and O–H groups in total. The Morgan fingerprint density at radius 2 is 1.94 bits per heavy atom. The van der Waals surface area contributed by atoms with Crippen molar-refractivity contribution < 1.29 is 0 Å². The van der Waals surface area contributed by atoms with Crippen LogP contribution in [0.1, 0.15) is 32.6 Å². The molecule has 0 aromatic rings. The molecule has 0 spiro atoms. The molecule has 0 amide bonds. The maximum atomic E-state index is 3.77. The zero-order valence-electron chi connectivity index (χ0n) is 10.6. The second-order valence-corrected chi connectivity index (χ2v) is 6.50. The van der Waals surface area contributed by atoms with E-state index in [2.05, 4.69) is 28.9 Å². The summed E-state index contributed by atoms with van der Waals surface area (Å²) in [5.74, 6) is 3.56. The minimum Gasteiger partial charge on any atom is -0.312 e. The Balaban J connectivity index is 1.59. The van der Waals surface area contributed by atoms with Crippen molar-refractivity contribution in [2.75, 3.05) is 37.7 Å². The highest BCUT2D eigenvalue weighted by atomic mass is 32.2. The van der Waals surface area contributed by atoms with Crippen molar-refractivity contribution in [1.29, 1.82) is 0 Å². The van der Waals surface area contributed by atoms with Crippen LogP contribution in [0, 0.1) is 5.92 Å². The molecule has 0 radical (unpaired) electrons. The summed E-state index contributed by atoms with van der Waals surface area (Å²) >= 11 is 2.10. The first-order chi connectivity index (χ1) is 7.86. The van der Waals surface area contributed by atoms with Crippen molar-refractivity contribution in [2.24, 2.45) is 5.92 Å². The van der Waals surface area contributed by atoms with Gasteiger partial charge in [-0.05, 0) is 18.8 Å². The second-order valence-electron chi connectivity index (χ2n) is 5.28. The molecular weight excluding hydrogens is 216 g/mol. The summed E-state index contributed by atoms with van der Waals surface area (Å²) < 4.78 is 0. The quantitative estimate of drug-likeness (QED) is 0.814. The van der Waals surface area contributed by atoms with E-state index in [-0.39, 0.29) is 0 Å². The predicted octanol–water partition coefficient (Wildman–Crippen LogP) is 2.20. The number of nitrogens with one attached hydrogen (secondary N) is 1. The molecule has 1 aliphatic carbocycles. The maximum Gasteiger partial charge on any atom is 0.0108 e. The maximum absolute atomic E-state index is 3.77. The second kappa shape index (κ2) is 6.87. The number of hydrogen-bond donors (Lipinski definition) is 1. The van der Waals surface area contributed by atoms with Gasteiger partial charge in [0.15, 0.2) is 0 Å². The molecule has 2 unspecified atom stereocenters. The van der Waals surface area contributed by atoms with Crippen LogP contribution in [-0.2, 0) is 0 Å². The Morgan fingerprint density at radius 1 is 1.19 bits per heavy atom. The van der Waals surface area contributed by atoms with E-state index in [9.17, 15) is 0 Å². The lowest BCUT2D eigenvalue weighted by Gasteiger charge is -2.31. The van der Waals surface area contributed by atoms with Crippen LogP contribution < -0.4 is 5.32 Å². The molecule has 3 heteroatoms. The van der Waals surface area contributed by atoms with Crippen LogP contribution in [0.4, 0.5) is 0 Å². The lowest BCUT2D eigenvalue weighted by Crippen LogP contribution is -2.43. The molecule has 0 aromatic heterocycles. The van der Waals surface area contributed by atoms with Crippen LogP contribution in [0.5, 0.6) is 0 Å². The first-order valence-corrected chi connectivity index (χ1v) is 8.05. The Kier molecular flexibility index (Phi) is 5.46. The molecule has 1 aliphatic heterocycles. The summed E-state index contributed by atoms with van der Waals surface area (Å²) in [6, 6.07) is 0.799. The third-order valence-corrected chi connectivity index (χ3v) is 4.99. The van der Waals surface area contributed by atoms with Crippen LogP contribution >= 0.6 is 11.8 Å². The molecule has 2 fully saturated rings. The monoisotopic (exact) mass is 242 g/mol. The third-order valence-electron chi connectivity index (χ3n) is 4.05. The number of rotatable bonds is 4. The molecule has 2 nitrogen and oxygen atoms in total. The van der Waals surface area contributed by atoms with Crippen molar-refractivity contribution in [2.45, 2.75) is 38.6 Å². The fourth-order valence-corrected chi connectivity index (χ4v) is 3.83. The van der Waals surface area contributed by atoms with Crippen LogP contribution in [0.25, 0.3) is 0 Å². The zero-order chi connectivity index (χ0) is 11.2. The lowest BCUT2D eigenvalue weighted by molar-refractivity contribution is 0.252. The van der Waals surface area contributed by atoms with Gasteiger partial charge < -0.3 is 10.2 Å². The van der Waals surface area contributed by atoms with Crippen LogP contribution in [0.3, 0.4) is 0 Å². The summed E-state index contributed by atoms with van der Waals surface area (Å²) in [6.07, 6.45) is 5.71. The van der Waals surface area contributed by atoms with E-state index in [1.807, 2.05) is 0 Å². The van der Waals surface area contributed by atoms with Crippen molar-refractivity contribution in [3.8, 4) is 0 Å². The summed E-state index contributed by atoms with van der Waals surface area (Å²) in [4.78, 5) is 2.61. The first kappa shape index (κ1) is 12.7. The van der Waals surface area contributed by atoms with Crippen molar-refractivity contribution >= 4 is 11.8 Å². The lowest BCUT2D eigenvalue weighted by atomic mass is 9.86. The molecule has 2 rings (SSSR count). The van der Waals surface area contributed by atoms with Gasteiger partial charge in [0.2, 0.25) is 0 Å². The number of thioether (sulfide) groups is 1. The van der Waals surface area contributed by atoms with E-state index in [4.69, 9.17) is 0 Å². The van der Waals surface area contributed by atoms with E-state index in [0.29, 0.717) is 0 Å². The van der Waals surface area contributed by atoms with Crippen molar-refractivity contribution in [3.05, 3.63) is 0 Å². The fourth-order valence-electron chi connectivity index (χ4n) is 2.85. The van der Waals surface area contributed by atoms with Gasteiger partial charge in [0.1, 0.15) is 0 Å². The summed E-state index contributed by atoms with van der Waals surface area (Å²) in [5.41, 5.74) is 0. The van der Waals surface area contributed by atoms with Gasteiger partial charge in [-0.3, -0.25) is 0 Å². The van der Waals surface area contributed by atoms with Gasteiger partial charge in [-0.2, -0.15) is 11.8 Å². The SMILES string of the molecule is CC1CCCCC1NCCN1CCSCC1. The van der Waals surface area contributed by atoms with Crippen LogP contribution in [-0.4, -0.2) is 48.6 Å². The zero-order valence-corrected chi connectivity index (χ0v) is 11.4.